The van der Waals surface area contributed by atoms with Crippen LogP contribution in [0.15, 0.2) is 0 Å². The topological polar surface area (TPSA) is 149 Å². The van der Waals surface area contributed by atoms with Gasteiger partial charge in [-0.1, -0.05) is 13.8 Å². The van der Waals surface area contributed by atoms with Gasteiger partial charge >= 0.3 is 27.5 Å². The van der Waals surface area contributed by atoms with Gasteiger partial charge in [-0.2, -0.15) is 0 Å². The number of carbonyl (C=O) groups excluding carboxylic acids is 5. The Labute approximate surface area is 157 Å². The van der Waals surface area contributed by atoms with E-state index in [4.69, 9.17) is 2.81 Å². The molecule has 0 bridgehead atoms. The second-order valence-corrected chi connectivity index (χ2v) is 4.69. The summed E-state index contributed by atoms with van der Waals surface area (Å²) in [5.74, 6) is -4.88. The first kappa shape index (κ1) is 30.5. The quantitative estimate of drug-likeness (QED) is 0.503. The summed E-state index contributed by atoms with van der Waals surface area (Å²) in [7, 11) is 0. The second kappa shape index (κ2) is 19.7. The molecule has 0 spiro atoms. The van der Waals surface area contributed by atoms with E-state index >= 15 is 0 Å². The summed E-state index contributed by atoms with van der Waals surface area (Å²) in [6.45, 7) is 8.84. The number of carbonyl (C=O) groups is 5. The van der Waals surface area contributed by atoms with Crippen LogP contribution < -0.4 is 10.2 Å². The van der Waals surface area contributed by atoms with E-state index in [0.717, 1.165) is 0 Å². The molecule has 0 fully saturated rings. The molecule has 2 atom stereocenters. The fourth-order valence-electron chi connectivity index (χ4n) is 1.24. The molecular formula is C15H24O8Zr. The molecule has 2 unspecified atom stereocenters. The third-order valence-electron chi connectivity index (χ3n) is 2.37. The Morgan fingerprint density at radius 3 is 0.875 bits per heavy atom. The molecule has 0 rings (SSSR count). The molecule has 0 aliphatic heterocycles. The number of Topliss-reactive ketones (excluding diaryl/α,β-unsaturated/α-hetero) is 3. The van der Waals surface area contributed by atoms with Crippen LogP contribution in [0.25, 0.3) is 0 Å². The molecular weight excluding hydrogens is 399 g/mol. The molecule has 0 aliphatic rings. The fourth-order valence-corrected chi connectivity index (χ4v) is 1.24. The van der Waals surface area contributed by atoms with Crippen molar-refractivity contribution in [3.63, 3.8) is 0 Å². The van der Waals surface area contributed by atoms with Crippen molar-refractivity contribution in [1.82, 2.24) is 0 Å². The maximum atomic E-state index is 10.4. The van der Waals surface area contributed by atoms with Gasteiger partial charge in [0.05, 0.1) is 23.8 Å². The van der Waals surface area contributed by atoms with Gasteiger partial charge in [-0.15, -0.1) is 0 Å². The van der Waals surface area contributed by atoms with E-state index in [9.17, 15) is 34.2 Å². The molecule has 0 radical (unpaired) electrons. The van der Waals surface area contributed by atoms with Crippen molar-refractivity contribution in [3.05, 3.63) is 0 Å². The third kappa shape index (κ3) is 22.9. The first-order chi connectivity index (χ1) is 10.9. The van der Waals surface area contributed by atoms with Gasteiger partial charge < -0.3 is 24.6 Å². The molecule has 0 aromatic rings. The van der Waals surface area contributed by atoms with Crippen molar-refractivity contribution in [2.24, 2.45) is 11.8 Å². The summed E-state index contributed by atoms with van der Waals surface area (Å²) in [6.07, 6.45) is 0.634. The Morgan fingerprint density at radius 1 is 0.708 bits per heavy atom. The van der Waals surface area contributed by atoms with Gasteiger partial charge in [-0.05, 0) is 40.5 Å². The normalized spacial score (nSPS) is 10.8. The van der Waals surface area contributed by atoms with E-state index in [2.05, 4.69) is 0 Å². The van der Waals surface area contributed by atoms with Gasteiger partial charge in [-0.25, -0.2) is 0 Å². The number of aliphatic carboxylic acids is 2. The van der Waals surface area contributed by atoms with Crippen molar-refractivity contribution >= 4 is 29.3 Å². The van der Waals surface area contributed by atoms with Gasteiger partial charge in [0, 0.05) is 0 Å². The summed E-state index contributed by atoms with van der Waals surface area (Å²) in [5.41, 5.74) is 0. The van der Waals surface area contributed by atoms with Crippen LogP contribution in [0.3, 0.4) is 0 Å². The Kier molecular flexibility index (Phi) is 25.0. The number of rotatable bonds is 6. The van der Waals surface area contributed by atoms with Crippen LogP contribution in [0, 0.1) is 11.8 Å². The second-order valence-electron chi connectivity index (χ2n) is 4.69. The Bertz CT molecular complexity index is 356. The summed E-state index contributed by atoms with van der Waals surface area (Å²) in [6, 6.07) is 0. The van der Waals surface area contributed by atoms with Crippen LogP contribution in [0.5, 0.6) is 0 Å². The zero-order chi connectivity index (χ0) is 20.5. The van der Waals surface area contributed by atoms with Gasteiger partial charge in [0.1, 0.15) is 17.3 Å². The minimum atomic E-state index is -1.27. The predicted octanol–water partition coefficient (Wildman–Crippen LogP) is -0.823. The van der Waals surface area contributed by atoms with Gasteiger partial charge in [0.25, 0.3) is 0 Å². The molecule has 9 heteroatoms. The van der Waals surface area contributed by atoms with E-state index < -0.39 is 23.8 Å². The number of carboxylic acid groups (broad SMARTS) is 2. The van der Waals surface area contributed by atoms with E-state index in [0.29, 0.717) is 37.6 Å². The molecule has 0 aromatic carbocycles. The zero-order valence-corrected chi connectivity index (χ0v) is 17.3. The molecule has 0 heterocycles. The molecule has 0 amide bonds. The van der Waals surface area contributed by atoms with Crippen LogP contribution in [0.1, 0.15) is 54.4 Å². The molecule has 24 heavy (non-hydrogen) atoms. The van der Waals surface area contributed by atoms with Crippen LogP contribution >= 0.6 is 0 Å². The molecule has 0 N–H and O–H groups in total. The van der Waals surface area contributed by atoms with Crippen molar-refractivity contribution in [2.45, 2.75) is 54.4 Å². The molecule has 0 aromatic heterocycles. The first-order valence-electron chi connectivity index (χ1n) is 7.02. The minimum absolute atomic E-state index is 0.167. The van der Waals surface area contributed by atoms with Crippen LogP contribution in [-0.4, -0.2) is 29.3 Å². The number of carboxylic acids is 2. The van der Waals surface area contributed by atoms with E-state index in [-0.39, 0.29) is 17.3 Å². The molecule has 0 saturated heterocycles. The Hall–Kier alpha value is -1.37. The molecule has 0 saturated carbocycles. The summed E-state index contributed by atoms with van der Waals surface area (Å²) < 4.78 is 8.34. The molecule has 0 aliphatic carbocycles. The predicted molar refractivity (Wildman–Crippen MR) is 76.0 cm³/mol. The average Bonchev–Trinajstić information content (AvgIpc) is 2.40. The van der Waals surface area contributed by atoms with Crippen LogP contribution in [-0.2, 0) is 51.5 Å². The monoisotopic (exact) mass is 422 g/mol. The summed E-state index contributed by atoms with van der Waals surface area (Å²) in [5, 5.41) is 20.1. The molecule has 136 valence electrons. The summed E-state index contributed by atoms with van der Waals surface area (Å²) in [4.78, 5) is 50.3. The van der Waals surface area contributed by atoms with E-state index in [1.807, 2.05) is 0 Å². The van der Waals surface area contributed by atoms with Gasteiger partial charge in [-0.3, -0.25) is 9.59 Å². The number of hydrogen-bond donors (Lipinski definition) is 0. The Balaban J connectivity index is -0.000000126. The van der Waals surface area contributed by atoms with Gasteiger partial charge in [0.15, 0.2) is 0 Å². The van der Waals surface area contributed by atoms with Crippen molar-refractivity contribution in [2.75, 3.05) is 0 Å². The van der Waals surface area contributed by atoms with Gasteiger partial charge in [0.2, 0.25) is 0 Å². The first-order valence-corrected chi connectivity index (χ1v) is 8.02. The van der Waals surface area contributed by atoms with Crippen molar-refractivity contribution < 1.29 is 61.7 Å². The van der Waals surface area contributed by atoms with Crippen molar-refractivity contribution in [3.8, 4) is 0 Å². The third-order valence-corrected chi connectivity index (χ3v) is 2.37. The SMILES string of the molecule is CC(C)=O.CCC(C(C)=O)C(=O)[O-].CCC(C(C)=O)C(=O)[O-].[O]=[Zr+2]. The van der Waals surface area contributed by atoms with Crippen LogP contribution in [0.4, 0.5) is 0 Å². The van der Waals surface area contributed by atoms with E-state index in [1.54, 1.807) is 13.8 Å². The van der Waals surface area contributed by atoms with E-state index in [1.165, 1.54) is 27.7 Å². The number of ketones is 3. The summed E-state index contributed by atoms with van der Waals surface area (Å²) >= 11 is 0.300. The zero-order valence-electron chi connectivity index (χ0n) is 14.8. The van der Waals surface area contributed by atoms with Crippen molar-refractivity contribution in [1.29, 1.82) is 0 Å². The standard InChI is InChI=1S/2C6H10O3.C3H6O.O.Zr/c2*1-3-5(4(2)7)6(8)9;1-3(2)4;;/h2*5H,3H2,1-2H3,(H,8,9);1-2H3;;/q;;;;+2/p-2. The fraction of sp³-hybridized carbons (Fsp3) is 0.667. The average molecular weight is 424 g/mol. The molecule has 8 nitrogen and oxygen atoms in total. The maximum absolute atomic E-state index is 10.4. The number of hydrogen-bond acceptors (Lipinski definition) is 8. The van der Waals surface area contributed by atoms with Crippen LogP contribution in [0.2, 0.25) is 0 Å². The Morgan fingerprint density at radius 2 is 0.875 bits per heavy atom.